The summed E-state index contributed by atoms with van der Waals surface area (Å²) < 4.78 is 5.64. The molecule has 3 rings (SSSR count). The molecule has 0 unspecified atom stereocenters. The molecule has 126 valence electrons. The average Bonchev–Trinajstić information content (AvgIpc) is 3.10. The van der Waals surface area contributed by atoms with Crippen molar-refractivity contribution in [3.05, 3.63) is 34.2 Å². The van der Waals surface area contributed by atoms with Crippen LogP contribution in [-0.4, -0.2) is 38.2 Å². The fourth-order valence-corrected chi connectivity index (χ4v) is 2.94. The zero-order chi connectivity index (χ0) is 16.4. The highest BCUT2D eigenvalue weighted by atomic mass is 16.3. The number of rotatable bonds is 4. The van der Waals surface area contributed by atoms with Gasteiger partial charge in [0, 0.05) is 11.8 Å². The van der Waals surface area contributed by atoms with Crippen LogP contribution in [0.3, 0.4) is 0 Å². The predicted molar refractivity (Wildman–Crippen MR) is 86.1 cm³/mol. The number of hydrogen-bond donors (Lipinski definition) is 2. The van der Waals surface area contributed by atoms with Crippen LogP contribution in [0.1, 0.15) is 51.0 Å². The topological polar surface area (TPSA) is 90.8 Å². The van der Waals surface area contributed by atoms with E-state index in [1.165, 1.54) is 0 Å². The number of hydrogen-bond acceptors (Lipinski definition) is 5. The fraction of sp³-hybridized carbons (Fsp3) is 0.688. The molecule has 0 bridgehead atoms. The molecule has 1 aliphatic heterocycles. The van der Waals surface area contributed by atoms with Crippen LogP contribution in [0.15, 0.2) is 15.5 Å². The van der Waals surface area contributed by atoms with Gasteiger partial charge in [0.15, 0.2) is 5.89 Å². The van der Waals surface area contributed by atoms with Gasteiger partial charge in [-0.05, 0) is 31.8 Å². The first kappa shape index (κ1) is 16.0. The Hall–Kier alpha value is -1.89. The van der Waals surface area contributed by atoms with Crippen molar-refractivity contribution in [2.45, 2.75) is 52.0 Å². The van der Waals surface area contributed by atoms with Gasteiger partial charge in [-0.15, -0.1) is 0 Å². The van der Waals surface area contributed by atoms with Crippen molar-refractivity contribution >= 4 is 0 Å². The molecule has 1 aliphatic rings. The molecule has 0 aromatic carbocycles. The molecule has 7 nitrogen and oxygen atoms in total. The fourth-order valence-electron chi connectivity index (χ4n) is 2.94. The maximum absolute atomic E-state index is 11.1. The summed E-state index contributed by atoms with van der Waals surface area (Å²) in [5.74, 6) is 2.16. The van der Waals surface area contributed by atoms with Gasteiger partial charge in [0.25, 0.3) is 0 Å². The van der Waals surface area contributed by atoms with Crippen molar-refractivity contribution in [1.82, 2.24) is 25.1 Å². The molecule has 2 aromatic heterocycles. The van der Waals surface area contributed by atoms with E-state index in [2.05, 4.69) is 45.8 Å². The molecule has 0 atom stereocenters. The van der Waals surface area contributed by atoms with Crippen molar-refractivity contribution in [3.63, 3.8) is 0 Å². The van der Waals surface area contributed by atoms with Crippen molar-refractivity contribution < 1.29 is 4.42 Å². The Morgan fingerprint density at radius 2 is 2.09 bits per heavy atom. The minimum atomic E-state index is -0.242. The second kappa shape index (κ2) is 6.31. The molecule has 2 aromatic rings. The van der Waals surface area contributed by atoms with Gasteiger partial charge in [0.05, 0.1) is 12.2 Å². The van der Waals surface area contributed by atoms with Gasteiger partial charge in [-0.25, -0.2) is 14.9 Å². The minimum Gasteiger partial charge on any atom is -0.449 e. The van der Waals surface area contributed by atoms with Gasteiger partial charge in [-0.1, -0.05) is 20.8 Å². The third-order valence-corrected chi connectivity index (χ3v) is 4.41. The Balaban J connectivity index is 1.49. The normalized spacial score (nSPS) is 17.7. The number of aromatic nitrogens is 4. The molecule has 1 fully saturated rings. The number of likely N-dealkylation sites (tertiary alicyclic amines) is 1. The number of H-pyrrole nitrogens is 2. The smallest absolute Gasteiger partial charge is 0.340 e. The number of piperidine rings is 1. The molecule has 3 heterocycles. The zero-order valence-electron chi connectivity index (χ0n) is 14.1. The van der Waals surface area contributed by atoms with Crippen molar-refractivity contribution in [2.24, 2.45) is 5.92 Å². The van der Waals surface area contributed by atoms with Gasteiger partial charge in [-0.2, -0.15) is 5.10 Å². The predicted octanol–water partition coefficient (Wildman–Crippen LogP) is 1.84. The first-order chi connectivity index (χ1) is 10.9. The Morgan fingerprint density at radius 1 is 1.35 bits per heavy atom. The van der Waals surface area contributed by atoms with Gasteiger partial charge in [0.1, 0.15) is 12.1 Å². The lowest BCUT2D eigenvalue weighted by Gasteiger charge is -2.30. The summed E-state index contributed by atoms with van der Waals surface area (Å²) in [5.41, 5.74) is 0.812. The Bertz CT molecular complexity index is 686. The summed E-state index contributed by atoms with van der Waals surface area (Å²) in [7, 11) is 0. The van der Waals surface area contributed by atoms with Crippen LogP contribution in [0.4, 0.5) is 0 Å². The summed E-state index contributed by atoms with van der Waals surface area (Å²) in [6.07, 6.45) is 4.92. The molecule has 7 heteroatoms. The lowest BCUT2D eigenvalue weighted by molar-refractivity contribution is 0.169. The van der Waals surface area contributed by atoms with E-state index < -0.39 is 0 Å². The van der Waals surface area contributed by atoms with E-state index >= 15 is 0 Å². The van der Waals surface area contributed by atoms with Gasteiger partial charge in [-0.3, -0.25) is 9.88 Å². The summed E-state index contributed by atoms with van der Waals surface area (Å²) in [4.78, 5) is 20.7. The van der Waals surface area contributed by atoms with E-state index in [0.717, 1.165) is 43.9 Å². The van der Waals surface area contributed by atoms with Crippen molar-refractivity contribution in [1.29, 1.82) is 0 Å². The Labute approximate surface area is 135 Å². The highest BCUT2D eigenvalue weighted by Gasteiger charge is 2.23. The summed E-state index contributed by atoms with van der Waals surface area (Å²) in [6.45, 7) is 9.14. The molecule has 0 amide bonds. The van der Waals surface area contributed by atoms with Crippen LogP contribution in [0.25, 0.3) is 0 Å². The highest BCUT2D eigenvalue weighted by molar-refractivity contribution is 5.08. The van der Waals surface area contributed by atoms with Crippen LogP contribution in [0.2, 0.25) is 0 Å². The van der Waals surface area contributed by atoms with Crippen LogP contribution >= 0.6 is 0 Å². The number of nitrogens with zero attached hydrogens (tertiary/aromatic N) is 3. The largest absolute Gasteiger partial charge is 0.449 e. The van der Waals surface area contributed by atoms with Crippen LogP contribution < -0.4 is 5.69 Å². The summed E-state index contributed by atoms with van der Waals surface area (Å²) in [5, 5.41) is 6.37. The SMILES string of the molecule is CC(C)(C)c1coc(CC2CCN(Cc3n[nH]c(=O)[nH]3)CC2)n1. The molecule has 2 N–H and O–H groups in total. The molecule has 0 saturated carbocycles. The van der Waals surface area contributed by atoms with Crippen molar-refractivity contribution in [3.8, 4) is 0 Å². The highest BCUT2D eigenvalue weighted by Crippen LogP contribution is 2.25. The van der Waals surface area contributed by atoms with E-state index in [1.807, 2.05) is 0 Å². The third-order valence-electron chi connectivity index (χ3n) is 4.41. The van der Waals surface area contributed by atoms with E-state index in [1.54, 1.807) is 6.26 Å². The van der Waals surface area contributed by atoms with Crippen LogP contribution in [0, 0.1) is 5.92 Å². The van der Waals surface area contributed by atoms with Gasteiger partial charge < -0.3 is 4.42 Å². The van der Waals surface area contributed by atoms with Crippen LogP contribution in [-0.2, 0) is 18.4 Å². The zero-order valence-corrected chi connectivity index (χ0v) is 14.1. The average molecular weight is 319 g/mol. The van der Waals surface area contributed by atoms with Crippen molar-refractivity contribution in [2.75, 3.05) is 13.1 Å². The van der Waals surface area contributed by atoms with Crippen LogP contribution in [0.5, 0.6) is 0 Å². The standard InChI is InChI=1S/C16H25N5O2/c1-16(2,3)12-10-23-14(17-12)8-11-4-6-21(7-5-11)9-13-18-15(22)20-19-13/h10-11H,4-9H2,1-3H3,(H2,18,19,20,22). The quantitative estimate of drug-likeness (QED) is 0.897. The van der Waals surface area contributed by atoms with E-state index in [4.69, 9.17) is 4.42 Å². The van der Waals surface area contributed by atoms with E-state index in [0.29, 0.717) is 18.3 Å². The second-order valence-electron chi connectivity index (χ2n) is 7.42. The third kappa shape index (κ3) is 4.10. The summed E-state index contributed by atoms with van der Waals surface area (Å²) in [6, 6.07) is 0. The molecular weight excluding hydrogens is 294 g/mol. The van der Waals surface area contributed by atoms with Gasteiger partial charge in [0.2, 0.25) is 0 Å². The molecule has 1 saturated heterocycles. The molecule has 0 aliphatic carbocycles. The summed E-state index contributed by atoms with van der Waals surface area (Å²) >= 11 is 0. The number of oxazole rings is 1. The lowest BCUT2D eigenvalue weighted by Crippen LogP contribution is -2.34. The second-order valence-corrected chi connectivity index (χ2v) is 7.42. The molecular formula is C16H25N5O2. The first-order valence-corrected chi connectivity index (χ1v) is 8.21. The molecule has 0 radical (unpaired) electrons. The molecule has 0 spiro atoms. The number of nitrogens with one attached hydrogen (secondary N) is 2. The lowest BCUT2D eigenvalue weighted by atomic mass is 9.92. The Kier molecular flexibility index (Phi) is 4.39. The maximum Gasteiger partial charge on any atom is 0.340 e. The first-order valence-electron chi connectivity index (χ1n) is 8.21. The minimum absolute atomic E-state index is 0.0333. The maximum atomic E-state index is 11.1. The van der Waals surface area contributed by atoms with E-state index in [9.17, 15) is 4.79 Å². The number of aromatic amines is 2. The van der Waals surface area contributed by atoms with E-state index in [-0.39, 0.29) is 11.1 Å². The monoisotopic (exact) mass is 319 g/mol. The van der Waals surface area contributed by atoms with Gasteiger partial charge >= 0.3 is 5.69 Å². The Morgan fingerprint density at radius 3 is 2.65 bits per heavy atom. The molecule has 23 heavy (non-hydrogen) atoms.